The Labute approximate surface area is 146 Å². The first-order valence-corrected chi connectivity index (χ1v) is 8.38. The molecule has 0 unspecified atom stereocenters. The molecule has 26 heavy (non-hydrogen) atoms. The third kappa shape index (κ3) is 5.81. The number of ether oxygens (including phenoxy) is 2. The SMILES string of the molecule is O=C([O-])/C=C/S(=O)(=O)c1ccc(Oc2ccc(OC(F)(F)F)cc2)cc1. The van der Waals surface area contributed by atoms with Crippen LogP contribution in [0.1, 0.15) is 0 Å². The quantitative estimate of drug-likeness (QED) is 0.707. The van der Waals surface area contributed by atoms with Crippen LogP contribution in [0, 0.1) is 0 Å². The summed E-state index contributed by atoms with van der Waals surface area (Å²) in [6, 6.07) is 9.60. The highest BCUT2D eigenvalue weighted by molar-refractivity contribution is 7.94. The van der Waals surface area contributed by atoms with Crippen molar-refractivity contribution in [1.29, 1.82) is 0 Å². The highest BCUT2D eigenvalue weighted by Gasteiger charge is 2.30. The minimum absolute atomic E-state index is 0.170. The molecule has 2 aromatic rings. The van der Waals surface area contributed by atoms with Crippen LogP contribution >= 0.6 is 0 Å². The molecule has 0 aromatic heterocycles. The van der Waals surface area contributed by atoms with Crippen molar-refractivity contribution in [2.24, 2.45) is 0 Å². The molecule has 6 nitrogen and oxygen atoms in total. The van der Waals surface area contributed by atoms with E-state index in [0.29, 0.717) is 11.5 Å². The number of alkyl halides is 3. The van der Waals surface area contributed by atoms with Crippen molar-refractivity contribution < 1.29 is 41.0 Å². The van der Waals surface area contributed by atoms with Crippen LogP contribution in [0.2, 0.25) is 0 Å². The van der Waals surface area contributed by atoms with E-state index in [4.69, 9.17) is 4.74 Å². The Bertz CT molecular complexity index is 900. The molecular formula is C16H10F3O6S-. The fourth-order valence-electron chi connectivity index (χ4n) is 1.77. The van der Waals surface area contributed by atoms with Gasteiger partial charge in [-0.05, 0) is 54.6 Å². The first-order chi connectivity index (χ1) is 12.0. The second kappa shape index (κ2) is 7.48. The van der Waals surface area contributed by atoms with Crippen LogP contribution in [0.15, 0.2) is 64.9 Å². The van der Waals surface area contributed by atoms with Crippen molar-refractivity contribution in [2.45, 2.75) is 11.3 Å². The molecule has 0 saturated heterocycles. The van der Waals surface area contributed by atoms with Crippen molar-refractivity contribution in [3.63, 3.8) is 0 Å². The van der Waals surface area contributed by atoms with E-state index >= 15 is 0 Å². The van der Waals surface area contributed by atoms with E-state index in [1.807, 2.05) is 0 Å². The van der Waals surface area contributed by atoms with E-state index in [1.54, 1.807) is 0 Å². The van der Waals surface area contributed by atoms with Crippen LogP contribution in [0.25, 0.3) is 0 Å². The maximum atomic E-state index is 12.1. The summed E-state index contributed by atoms with van der Waals surface area (Å²) < 4.78 is 69.0. The topological polar surface area (TPSA) is 92.7 Å². The van der Waals surface area contributed by atoms with E-state index < -0.39 is 27.9 Å². The zero-order valence-electron chi connectivity index (χ0n) is 12.8. The van der Waals surface area contributed by atoms with E-state index in [2.05, 4.69) is 4.74 Å². The molecule has 138 valence electrons. The van der Waals surface area contributed by atoms with Gasteiger partial charge in [0, 0.05) is 5.41 Å². The van der Waals surface area contributed by atoms with Gasteiger partial charge in [0.2, 0.25) is 0 Å². The lowest BCUT2D eigenvalue weighted by atomic mass is 10.3. The Kier molecular flexibility index (Phi) is 5.56. The zero-order valence-corrected chi connectivity index (χ0v) is 13.6. The Balaban J connectivity index is 2.09. The summed E-state index contributed by atoms with van der Waals surface area (Å²) in [4.78, 5) is 10.1. The normalized spacial score (nSPS) is 12.1. The summed E-state index contributed by atoms with van der Waals surface area (Å²) in [6.07, 6.45) is -4.40. The lowest BCUT2D eigenvalue weighted by molar-refractivity contribution is -0.297. The Morgan fingerprint density at radius 2 is 1.38 bits per heavy atom. The van der Waals surface area contributed by atoms with Gasteiger partial charge in [-0.2, -0.15) is 0 Å². The summed E-state index contributed by atoms with van der Waals surface area (Å²) in [6.45, 7) is 0. The number of aliphatic carboxylic acids is 1. The van der Waals surface area contributed by atoms with Gasteiger partial charge in [0.25, 0.3) is 0 Å². The summed E-state index contributed by atoms with van der Waals surface area (Å²) >= 11 is 0. The number of carbonyl (C=O) groups excluding carboxylic acids is 1. The molecule has 0 spiro atoms. The van der Waals surface area contributed by atoms with Crippen LogP contribution in [0.4, 0.5) is 13.2 Å². The number of carbonyl (C=O) groups is 1. The van der Waals surface area contributed by atoms with Gasteiger partial charge >= 0.3 is 6.36 Å². The highest BCUT2D eigenvalue weighted by Crippen LogP contribution is 2.28. The van der Waals surface area contributed by atoms with Gasteiger partial charge in [0.05, 0.1) is 10.9 Å². The number of halogens is 3. The summed E-state index contributed by atoms with van der Waals surface area (Å²) in [5, 5.41) is 10.8. The van der Waals surface area contributed by atoms with Crippen LogP contribution in [-0.2, 0) is 14.6 Å². The van der Waals surface area contributed by atoms with Gasteiger partial charge < -0.3 is 19.4 Å². The lowest BCUT2D eigenvalue weighted by Gasteiger charge is -2.10. The minimum Gasteiger partial charge on any atom is -0.545 e. The van der Waals surface area contributed by atoms with E-state index in [0.717, 1.165) is 12.1 Å². The predicted octanol–water partition coefficient (Wildman–Crippen LogP) is 2.41. The molecule has 0 fully saturated rings. The number of rotatable bonds is 6. The first-order valence-electron chi connectivity index (χ1n) is 6.83. The highest BCUT2D eigenvalue weighted by atomic mass is 32.2. The smallest absolute Gasteiger partial charge is 0.545 e. The molecule has 0 aliphatic carbocycles. The number of hydrogen-bond donors (Lipinski definition) is 0. The number of sulfone groups is 1. The molecular weight excluding hydrogens is 377 g/mol. The Morgan fingerprint density at radius 1 is 0.923 bits per heavy atom. The van der Waals surface area contributed by atoms with Crippen molar-refractivity contribution in [3.05, 3.63) is 60.0 Å². The van der Waals surface area contributed by atoms with E-state index in [9.17, 15) is 31.5 Å². The molecule has 0 saturated carbocycles. The number of hydrogen-bond acceptors (Lipinski definition) is 6. The monoisotopic (exact) mass is 387 g/mol. The van der Waals surface area contributed by atoms with Crippen LogP contribution < -0.4 is 14.6 Å². The fraction of sp³-hybridized carbons (Fsp3) is 0.0625. The van der Waals surface area contributed by atoms with Gasteiger partial charge in [0.1, 0.15) is 17.2 Å². The summed E-state index contributed by atoms with van der Waals surface area (Å²) in [5.74, 6) is -1.64. The third-order valence-electron chi connectivity index (χ3n) is 2.83. The molecule has 0 aliphatic rings. The van der Waals surface area contributed by atoms with Gasteiger partial charge in [0.15, 0.2) is 9.84 Å². The first kappa shape index (κ1) is 19.3. The molecule has 0 amide bonds. The molecule has 0 bridgehead atoms. The molecule has 10 heteroatoms. The molecule has 0 heterocycles. The molecule has 2 aromatic carbocycles. The molecule has 2 rings (SSSR count). The molecule has 0 aliphatic heterocycles. The third-order valence-corrected chi connectivity index (χ3v) is 4.25. The number of carboxylic acids is 1. The molecule has 0 atom stereocenters. The van der Waals surface area contributed by atoms with E-state index in [1.165, 1.54) is 36.4 Å². The van der Waals surface area contributed by atoms with Gasteiger partial charge in [-0.3, -0.25) is 0 Å². The van der Waals surface area contributed by atoms with Gasteiger partial charge in [-0.1, -0.05) is 0 Å². The van der Waals surface area contributed by atoms with Crippen molar-refractivity contribution in [2.75, 3.05) is 0 Å². The Morgan fingerprint density at radius 3 is 1.85 bits per heavy atom. The van der Waals surface area contributed by atoms with Gasteiger partial charge in [-0.25, -0.2) is 8.42 Å². The van der Waals surface area contributed by atoms with Crippen molar-refractivity contribution in [3.8, 4) is 17.2 Å². The second-order valence-corrected chi connectivity index (χ2v) is 6.59. The average Bonchev–Trinajstić information content (AvgIpc) is 2.54. The number of carboxylic acid groups (broad SMARTS) is 1. The van der Waals surface area contributed by atoms with Crippen LogP contribution in [0.5, 0.6) is 17.2 Å². The largest absolute Gasteiger partial charge is 0.573 e. The zero-order chi connectivity index (χ0) is 19.4. The minimum atomic E-state index is -4.80. The number of benzene rings is 2. The lowest BCUT2D eigenvalue weighted by Crippen LogP contribution is -2.19. The van der Waals surface area contributed by atoms with Crippen LogP contribution in [0.3, 0.4) is 0 Å². The summed E-state index contributed by atoms with van der Waals surface area (Å²) in [5.41, 5.74) is 0. The molecule has 0 radical (unpaired) electrons. The van der Waals surface area contributed by atoms with E-state index in [-0.39, 0.29) is 16.4 Å². The summed E-state index contributed by atoms with van der Waals surface area (Å²) in [7, 11) is -3.95. The predicted molar refractivity (Wildman–Crippen MR) is 81.0 cm³/mol. The average molecular weight is 387 g/mol. The van der Waals surface area contributed by atoms with Crippen molar-refractivity contribution >= 4 is 15.8 Å². The maximum absolute atomic E-state index is 12.1. The van der Waals surface area contributed by atoms with Crippen LogP contribution in [-0.4, -0.2) is 20.7 Å². The fourth-order valence-corrected chi connectivity index (χ4v) is 2.73. The Hall–Kier alpha value is -3.01. The second-order valence-electron chi connectivity index (χ2n) is 4.76. The van der Waals surface area contributed by atoms with Crippen molar-refractivity contribution in [1.82, 2.24) is 0 Å². The standard InChI is InChI=1S/C16H11F3O6S/c17-16(18,19)25-13-3-1-11(2-4-13)24-12-5-7-14(8-6-12)26(22,23)10-9-15(20)21/h1-10H,(H,20,21)/p-1/b10-9+. The van der Waals surface area contributed by atoms with Gasteiger partial charge in [-0.15, -0.1) is 13.2 Å². The molecule has 0 N–H and O–H groups in total. The maximum Gasteiger partial charge on any atom is 0.573 e.